The van der Waals surface area contributed by atoms with Gasteiger partial charge in [-0.15, -0.1) is 0 Å². The molecule has 2 atom stereocenters. The fourth-order valence-corrected chi connectivity index (χ4v) is 8.01. The van der Waals surface area contributed by atoms with Gasteiger partial charge in [0.15, 0.2) is 0 Å². The van der Waals surface area contributed by atoms with E-state index in [-0.39, 0.29) is 25.8 Å². The van der Waals surface area contributed by atoms with Gasteiger partial charge in [-0.3, -0.25) is 9.36 Å². The van der Waals surface area contributed by atoms with Gasteiger partial charge in [0.05, 0.1) is 34.4 Å². The SMILES string of the molecule is CCCCC/C=C\C/C=C\CCCCCCCCCCOCC(COP(=O)([O-])OCC[N+](C)(C)C)OC(=O)CCCCCCCCCCCCCCCCCCCCCC. The Morgan fingerprint density at radius 3 is 1.38 bits per heavy atom. The van der Waals surface area contributed by atoms with Crippen molar-refractivity contribution in [3.8, 4) is 0 Å². The molecule has 60 heavy (non-hydrogen) atoms. The number of esters is 1. The highest BCUT2D eigenvalue weighted by Gasteiger charge is 2.20. The summed E-state index contributed by atoms with van der Waals surface area (Å²) in [5.74, 6) is -0.331. The van der Waals surface area contributed by atoms with E-state index in [0.29, 0.717) is 24.1 Å². The Morgan fingerprint density at radius 2 is 0.917 bits per heavy atom. The first kappa shape index (κ1) is 59.0. The molecular formula is C51H100NO7P. The fraction of sp³-hybridized carbons (Fsp3) is 0.902. The van der Waals surface area contributed by atoms with Crippen molar-refractivity contribution in [1.82, 2.24) is 0 Å². The van der Waals surface area contributed by atoms with Crippen molar-refractivity contribution in [2.24, 2.45) is 0 Å². The normalized spacial score (nSPS) is 13.8. The Hall–Kier alpha value is -1.02. The van der Waals surface area contributed by atoms with Crippen LogP contribution in [0.3, 0.4) is 0 Å². The Balaban J connectivity index is 4.12. The first-order valence-corrected chi connectivity index (χ1v) is 27.0. The maximum atomic E-state index is 12.7. The number of phosphoric ester groups is 1. The molecule has 0 bridgehead atoms. The van der Waals surface area contributed by atoms with Crippen molar-refractivity contribution in [3.63, 3.8) is 0 Å². The van der Waals surface area contributed by atoms with Crippen LogP contribution in [0.2, 0.25) is 0 Å². The predicted molar refractivity (Wildman–Crippen MR) is 254 cm³/mol. The van der Waals surface area contributed by atoms with Crippen LogP contribution in [0.4, 0.5) is 0 Å². The Bertz CT molecular complexity index is 1010. The second-order valence-electron chi connectivity index (χ2n) is 18.5. The summed E-state index contributed by atoms with van der Waals surface area (Å²) in [7, 11) is 1.36. The maximum Gasteiger partial charge on any atom is 0.306 e. The van der Waals surface area contributed by atoms with Gasteiger partial charge in [0.1, 0.15) is 19.3 Å². The molecule has 0 aliphatic rings. The van der Waals surface area contributed by atoms with Crippen molar-refractivity contribution in [2.45, 2.75) is 245 Å². The lowest BCUT2D eigenvalue weighted by molar-refractivity contribution is -0.870. The van der Waals surface area contributed by atoms with Crippen molar-refractivity contribution in [2.75, 3.05) is 54.1 Å². The van der Waals surface area contributed by atoms with Gasteiger partial charge in [0, 0.05) is 13.0 Å². The maximum absolute atomic E-state index is 12.7. The van der Waals surface area contributed by atoms with Gasteiger partial charge >= 0.3 is 5.97 Å². The third-order valence-electron chi connectivity index (χ3n) is 11.3. The summed E-state index contributed by atoms with van der Waals surface area (Å²) in [5.41, 5.74) is 0. The molecule has 0 amide bonds. The summed E-state index contributed by atoms with van der Waals surface area (Å²) in [4.78, 5) is 25.2. The van der Waals surface area contributed by atoms with Crippen LogP contribution in [0.15, 0.2) is 24.3 Å². The van der Waals surface area contributed by atoms with E-state index in [2.05, 4.69) is 38.2 Å². The van der Waals surface area contributed by atoms with Gasteiger partial charge in [-0.05, 0) is 44.9 Å². The van der Waals surface area contributed by atoms with Gasteiger partial charge in [0.2, 0.25) is 0 Å². The zero-order valence-corrected chi connectivity index (χ0v) is 41.3. The smallest absolute Gasteiger partial charge is 0.306 e. The molecule has 0 rings (SSSR count). The third-order valence-corrected chi connectivity index (χ3v) is 12.2. The summed E-state index contributed by atoms with van der Waals surface area (Å²) in [6, 6.07) is 0. The van der Waals surface area contributed by atoms with Crippen molar-refractivity contribution >= 4 is 13.8 Å². The van der Waals surface area contributed by atoms with E-state index in [1.54, 1.807) is 0 Å². The molecule has 8 nitrogen and oxygen atoms in total. The molecule has 0 spiro atoms. The number of phosphoric acid groups is 1. The first-order valence-electron chi connectivity index (χ1n) is 25.6. The van der Waals surface area contributed by atoms with Crippen LogP contribution in [0.5, 0.6) is 0 Å². The number of hydrogen-bond acceptors (Lipinski definition) is 7. The molecule has 0 saturated heterocycles. The van der Waals surface area contributed by atoms with E-state index in [1.807, 2.05) is 21.1 Å². The van der Waals surface area contributed by atoms with Gasteiger partial charge in [-0.2, -0.15) is 0 Å². The molecule has 0 N–H and O–H groups in total. The molecule has 356 valence electrons. The van der Waals surface area contributed by atoms with Gasteiger partial charge in [0.25, 0.3) is 7.82 Å². The van der Waals surface area contributed by atoms with E-state index in [4.69, 9.17) is 18.5 Å². The standard InChI is InChI=1S/C51H100NO7P/c1-6-8-10-12-14-16-18-20-22-24-26-27-28-30-32-34-36-38-40-42-44-51(53)59-50(49-58-60(54,55)57-47-45-52(3,4)5)48-56-46-43-41-39-37-35-33-31-29-25-23-21-19-17-15-13-11-9-7-2/h15,17,21,23,50H,6-14,16,18-20,22,24-49H2,1-5H3/b17-15-,23-21-. The molecule has 2 unspecified atom stereocenters. The average molecular weight is 870 g/mol. The molecule has 0 fully saturated rings. The minimum absolute atomic E-state index is 0.0272. The minimum Gasteiger partial charge on any atom is -0.756 e. The second-order valence-corrected chi connectivity index (χ2v) is 19.9. The Morgan fingerprint density at radius 1 is 0.517 bits per heavy atom. The molecule has 0 aromatic heterocycles. The number of ether oxygens (including phenoxy) is 2. The van der Waals surface area contributed by atoms with E-state index in [1.165, 1.54) is 180 Å². The van der Waals surface area contributed by atoms with Crippen LogP contribution < -0.4 is 4.89 Å². The number of unbranched alkanes of at least 4 members (excludes halogenated alkanes) is 30. The molecule has 0 aliphatic heterocycles. The summed E-state index contributed by atoms with van der Waals surface area (Å²) in [6.07, 6.45) is 51.9. The number of rotatable bonds is 48. The molecular weight excluding hydrogens is 770 g/mol. The molecule has 9 heteroatoms. The highest BCUT2D eigenvalue weighted by atomic mass is 31.2. The Labute approximate surface area is 373 Å². The van der Waals surface area contributed by atoms with E-state index in [9.17, 15) is 14.3 Å². The lowest BCUT2D eigenvalue weighted by Crippen LogP contribution is -2.37. The summed E-state index contributed by atoms with van der Waals surface area (Å²) in [5, 5.41) is 0. The molecule has 0 aromatic carbocycles. The summed E-state index contributed by atoms with van der Waals surface area (Å²) < 4.78 is 34.7. The largest absolute Gasteiger partial charge is 0.756 e. The Kier molecular flexibility index (Phi) is 43.8. The number of allylic oxidation sites excluding steroid dienone is 4. The van der Waals surface area contributed by atoms with Gasteiger partial charge in [-0.25, -0.2) is 0 Å². The molecule has 0 aliphatic carbocycles. The molecule has 0 heterocycles. The quantitative estimate of drug-likeness (QED) is 0.0198. The summed E-state index contributed by atoms with van der Waals surface area (Å²) >= 11 is 0. The van der Waals surface area contributed by atoms with E-state index >= 15 is 0 Å². The number of quaternary nitrogens is 1. The fourth-order valence-electron chi connectivity index (χ4n) is 7.28. The van der Waals surface area contributed by atoms with Crippen LogP contribution in [0, 0.1) is 0 Å². The monoisotopic (exact) mass is 870 g/mol. The average Bonchev–Trinajstić information content (AvgIpc) is 3.20. The lowest BCUT2D eigenvalue weighted by Gasteiger charge is -2.28. The highest BCUT2D eigenvalue weighted by Crippen LogP contribution is 2.38. The van der Waals surface area contributed by atoms with Crippen molar-refractivity contribution < 1.29 is 37.3 Å². The molecule has 0 aromatic rings. The topological polar surface area (TPSA) is 94.1 Å². The van der Waals surface area contributed by atoms with Crippen LogP contribution in [-0.2, 0) is 27.9 Å². The van der Waals surface area contributed by atoms with Crippen LogP contribution in [0.25, 0.3) is 0 Å². The predicted octanol–water partition coefficient (Wildman–Crippen LogP) is 14.9. The van der Waals surface area contributed by atoms with E-state index < -0.39 is 13.9 Å². The van der Waals surface area contributed by atoms with Gasteiger partial charge < -0.3 is 27.9 Å². The molecule has 0 saturated carbocycles. The minimum atomic E-state index is -4.53. The first-order chi connectivity index (χ1) is 29.1. The zero-order chi connectivity index (χ0) is 44.1. The number of nitrogens with zero attached hydrogens (tertiary/aromatic N) is 1. The second kappa shape index (κ2) is 44.6. The molecule has 0 radical (unpaired) electrons. The lowest BCUT2D eigenvalue weighted by atomic mass is 10.0. The van der Waals surface area contributed by atoms with Crippen LogP contribution >= 0.6 is 7.82 Å². The van der Waals surface area contributed by atoms with Gasteiger partial charge in [-0.1, -0.05) is 212 Å². The summed E-state index contributed by atoms with van der Waals surface area (Å²) in [6.45, 7) is 5.42. The third kappa shape index (κ3) is 48.0. The number of carbonyl (C=O) groups is 1. The van der Waals surface area contributed by atoms with Crippen molar-refractivity contribution in [3.05, 3.63) is 24.3 Å². The van der Waals surface area contributed by atoms with E-state index in [0.717, 1.165) is 38.5 Å². The number of hydrogen-bond donors (Lipinski definition) is 0. The van der Waals surface area contributed by atoms with Crippen LogP contribution in [-0.4, -0.2) is 70.7 Å². The highest BCUT2D eigenvalue weighted by molar-refractivity contribution is 7.45. The number of likely N-dealkylation sites (N-methyl/N-ethyl adjacent to an activating group) is 1. The van der Waals surface area contributed by atoms with Crippen LogP contribution in [0.1, 0.15) is 239 Å². The number of carbonyl (C=O) groups excluding carboxylic acids is 1. The zero-order valence-electron chi connectivity index (χ0n) is 40.4. The van der Waals surface area contributed by atoms with Crippen molar-refractivity contribution in [1.29, 1.82) is 0 Å².